The Morgan fingerprint density at radius 1 is 1.16 bits per heavy atom. The molecule has 0 radical (unpaired) electrons. The maximum atomic E-state index is 10.1. The largest absolute Gasteiger partial charge is 0.487 e. The van der Waals surface area contributed by atoms with Gasteiger partial charge in [-0.05, 0) is 38.3 Å². The van der Waals surface area contributed by atoms with E-state index >= 15 is 0 Å². The Labute approximate surface area is 179 Å². The standard InChI is InChI=1S/C22H24N6O3/c1-22(2,29)13-30-18-12-28-21(26-20(18)15-9-24-27(3)11-15)17(10-25-28)14-6-7-23-19(8-14)31-16-4-5-16/h6-12,16,29H,4-5,13H2,1-3H3. The van der Waals surface area contributed by atoms with Crippen LogP contribution in [0.25, 0.3) is 28.0 Å². The van der Waals surface area contributed by atoms with E-state index in [0.717, 1.165) is 29.5 Å². The molecule has 0 saturated heterocycles. The third-order valence-corrected chi connectivity index (χ3v) is 4.88. The number of ether oxygens (including phenoxy) is 2. The molecular formula is C22H24N6O3. The van der Waals surface area contributed by atoms with Crippen LogP contribution >= 0.6 is 0 Å². The molecule has 0 atom stereocenters. The zero-order valence-electron chi connectivity index (χ0n) is 17.7. The average Bonchev–Trinajstić information content (AvgIpc) is 3.27. The summed E-state index contributed by atoms with van der Waals surface area (Å²) in [5.41, 5.74) is 2.94. The van der Waals surface area contributed by atoms with Crippen LogP contribution in [0.3, 0.4) is 0 Å². The van der Waals surface area contributed by atoms with Crippen LogP contribution in [-0.2, 0) is 7.05 Å². The Bertz CT molecular complexity index is 1240. The summed E-state index contributed by atoms with van der Waals surface area (Å²) in [5.74, 6) is 1.13. The van der Waals surface area contributed by atoms with Crippen molar-refractivity contribution in [2.75, 3.05) is 6.61 Å². The first kappa shape index (κ1) is 19.5. The summed E-state index contributed by atoms with van der Waals surface area (Å²) < 4.78 is 15.1. The molecule has 160 valence electrons. The van der Waals surface area contributed by atoms with Crippen LogP contribution in [0.1, 0.15) is 26.7 Å². The van der Waals surface area contributed by atoms with E-state index in [-0.39, 0.29) is 12.7 Å². The van der Waals surface area contributed by atoms with Gasteiger partial charge in [0.1, 0.15) is 18.4 Å². The Hall–Kier alpha value is -3.46. The quantitative estimate of drug-likeness (QED) is 0.491. The number of aliphatic hydroxyl groups is 1. The summed E-state index contributed by atoms with van der Waals surface area (Å²) in [6, 6.07) is 3.83. The highest BCUT2D eigenvalue weighted by Crippen LogP contribution is 2.33. The first-order chi connectivity index (χ1) is 14.9. The predicted molar refractivity (Wildman–Crippen MR) is 114 cm³/mol. The van der Waals surface area contributed by atoms with E-state index in [1.165, 1.54) is 0 Å². The highest BCUT2D eigenvalue weighted by atomic mass is 16.5. The number of hydrogen-bond acceptors (Lipinski definition) is 7. The summed E-state index contributed by atoms with van der Waals surface area (Å²) in [6.45, 7) is 3.51. The average molecular weight is 420 g/mol. The fourth-order valence-corrected chi connectivity index (χ4v) is 3.21. The molecule has 9 nitrogen and oxygen atoms in total. The summed E-state index contributed by atoms with van der Waals surface area (Å²) in [5, 5.41) is 18.8. The van der Waals surface area contributed by atoms with Crippen LogP contribution in [0.15, 0.2) is 43.1 Å². The summed E-state index contributed by atoms with van der Waals surface area (Å²) in [6.07, 6.45) is 11.3. The van der Waals surface area contributed by atoms with Gasteiger partial charge in [0.25, 0.3) is 0 Å². The lowest BCUT2D eigenvalue weighted by Crippen LogP contribution is -2.28. The molecule has 4 heterocycles. The number of nitrogens with zero attached hydrogens (tertiary/aromatic N) is 6. The molecule has 0 unspecified atom stereocenters. The van der Waals surface area contributed by atoms with Gasteiger partial charge in [0.05, 0.1) is 24.2 Å². The lowest BCUT2D eigenvalue weighted by Gasteiger charge is -2.19. The lowest BCUT2D eigenvalue weighted by molar-refractivity contribution is 0.0284. The number of rotatable bonds is 7. The number of pyridine rings is 1. The van der Waals surface area contributed by atoms with Gasteiger partial charge in [-0.15, -0.1) is 0 Å². The highest BCUT2D eigenvalue weighted by molar-refractivity contribution is 5.80. The molecule has 4 aromatic rings. The fourth-order valence-electron chi connectivity index (χ4n) is 3.21. The number of hydrogen-bond donors (Lipinski definition) is 1. The maximum Gasteiger partial charge on any atom is 0.214 e. The minimum atomic E-state index is -0.981. The third kappa shape index (κ3) is 4.22. The molecule has 1 aliphatic carbocycles. The molecule has 1 aliphatic rings. The minimum Gasteiger partial charge on any atom is -0.487 e. The first-order valence-corrected chi connectivity index (χ1v) is 10.2. The molecule has 5 rings (SSSR count). The van der Waals surface area contributed by atoms with Crippen molar-refractivity contribution < 1.29 is 14.6 Å². The first-order valence-electron chi connectivity index (χ1n) is 10.2. The second kappa shape index (κ2) is 7.35. The molecule has 1 N–H and O–H groups in total. The van der Waals surface area contributed by atoms with Gasteiger partial charge in [-0.1, -0.05) is 0 Å². The van der Waals surface area contributed by atoms with Gasteiger partial charge < -0.3 is 14.6 Å². The molecule has 0 aliphatic heterocycles. The Balaban J connectivity index is 1.59. The Kier molecular flexibility index (Phi) is 4.62. The number of fused-ring (bicyclic) bond motifs is 1. The van der Waals surface area contributed by atoms with Gasteiger partial charge in [-0.3, -0.25) is 4.68 Å². The van der Waals surface area contributed by atoms with E-state index in [1.54, 1.807) is 47.8 Å². The van der Waals surface area contributed by atoms with Crippen LogP contribution in [-0.4, -0.2) is 52.8 Å². The zero-order chi connectivity index (χ0) is 21.6. The number of aromatic nitrogens is 6. The van der Waals surface area contributed by atoms with Crippen LogP contribution in [0.2, 0.25) is 0 Å². The minimum absolute atomic E-state index is 0.119. The van der Waals surface area contributed by atoms with E-state index in [0.29, 0.717) is 23.0 Å². The van der Waals surface area contributed by atoms with Gasteiger partial charge in [0.2, 0.25) is 5.88 Å². The van der Waals surface area contributed by atoms with Crippen LogP contribution < -0.4 is 9.47 Å². The van der Waals surface area contributed by atoms with Crippen molar-refractivity contribution in [2.45, 2.75) is 38.4 Å². The van der Waals surface area contributed by atoms with Gasteiger partial charge in [0.15, 0.2) is 11.4 Å². The predicted octanol–water partition coefficient (Wildman–Crippen LogP) is 2.88. The third-order valence-electron chi connectivity index (χ3n) is 4.88. The Morgan fingerprint density at radius 3 is 2.71 bits per heavy atom. The zero-order valence-corrected chi connectivity index (χ0v) is 17.7. The van der Waals surface area contributed by atoms with Crippen molar-refractivity contribution in [2.24, 2.45) is 7.05 Å². The van der Waals surface area contributed by atoms with E-state index in [2.05, 4.69) is 15.2 Å². The summed E-state index contributed by atoms with van der Waals surface area (Å²) in [4.78, 5) is 9.19. The van der Waals surface area contributed by atoms with Crippen LogP contribution in [0.4, 0.5) is 0 Å². The van der Waals surface area contributed by atoms with Crippen molar-refractivity contribution >= 4 is 5.65 Å². The Morgan fingerprint density at radius 2 is 2.00 bits per heavy atom. The molecule has 0 amide bonds. The number of aryl methyl sites for hydroxylation is 1. The van der Waals surface area contributed by atoms with Crippen molar-refractivity contribution in [3.8, 4) is 34.0 Å². The van der Waals surface area contributed by atoms with E-state index in [1.807, 2.05) is 25.4 Å². The van der Waals surface area contributed by atoms with Crippen molar-refractivity contribution in [1.29, 1.82) is 0 Å². The maximum absolute atomic E-state index is 10.1. The molecule has 31 heavy (non-hydrogen) atoms. The molecule has 0 spiro atoms. The fraction of sp³-hybridized carbons (Fsp3) is 0.364. The van der Waals surface area contributed by atoms with Crippen molar-refractivity contribution in [3.63, 3.8) is 0 Å². The molecule has 4 aromatic heterocycles. The van der Waals surface area contributed by atoms with Gasteiger partial charge in [-0.25, -0.2) is 14.5 Å². The molecule has 1 fully saturated rings. The smallest absolute Gasteiger partial charge is 0.214 e. The normalized spacial score (nSPS) is 14.2. The van der Waals surface area contributed by atoms with Gasteiger partial charge >= 0.3 is 0 Å². The second-order valence-corrected chi connectivity index (χ2v) is 8.48. The molecular weight excluding hydrogens is 396 g/mol. The molecule has 0 aromatic carbocycles. The summed E-state index contributed by atoms with van der Waals surface area (Å²) in [7, 11) is 1.85. The van der Waals surface area contributed by atoms with Gasteiger partial charge in [-0.2, -0.15) is 10.2 Å². The summed E-state index contributed by atoms with van der Waals surface area (Å²) >= 11 is 0. The van der Waals surface area contributed by atoms with E-state index in [9.17, 15) is 5.11 Å². The van der Waals surface area contributed by atoms with Crippen molar-refractivity contribution in [1.82, 2.24) is 29.4 Å². The highest BCUT2D eigenvalue weighted by Gasteiger charge is 2.24. The van der Waals surface area contributed by atoms with Crippen molar-refractivity contribution in [3.05, 3.63) is 43.1 Å². The molecule has 0 bridgehead atoms. The topological polar surface area (TPSA) is 99.6 Å². The van der Waals surface area contributed by atoms with Gasteiger partial charge in [0, 0.05) is 36.6 Å². The molecule has 9 heteroatoms. The van der Waals surface area contributed by atoms with E-state index < -0.39 is 5.60 Å². The monoisotopic (exact) mass is 420 g/mol. The van der Waals surface area contributed by atoms with E-state index in [4.69, 9.17) is 14.5 Å². The van der Waals surface area contributed by atoms with Crippen LogP contribution in [0.5, 0.6) is 11.6 Å². The lowest BCUT2D eigenvalue weighted by atomic mass is 10.1. The van der Waals surface area contributed by atoms with Crippen LogP contribution in [0, 0.1) is 0 Å². The SMILES string of the molecule is Cn1cc(-c2nc3c(-c4ccnc(OC5CC5)c4)cnn3cc2OCC(C)(C)O)cn1. The molecule has 1 saturated carbocycles. The second-order valence-electron chi connectivity index (χ2n) is 8.48.